The Morgan fingerprint density at radius 2 is 2.33 bits per heavy atom. The van der Waals surface area contributed by atoms with Crippen LogP contribution in [0.3, 0.4) is 0 Å². The molecule has 1 aliphatic heterocycles. The van der Waals surface area contributed by atoms with Crippen LogP contribution in [0.4, 0.5) is 4.39 Å². The van der Waals surface area contributed by atoms with Crippen molar-refractivity contribution in [3.8, 4) is 5.75 Å². The van der Waals surface area contributed by atoms with E-state index < -0.39 is 6.17 Å². The predicted octanol–water partition coefficient (Wildman–Crippen LogP) is 2.92. The number of hydrogen-bond acceptors (Lipinski definition) is 2. The van der Waals surface area contributed by atoms with Crippen LogP contribution in [0, 0.1) is 0 Å². The number of nitrogens with zero attached hydrogens (tertiary/aromatic N) is 1. The van der Waals surface area contributed by atoms with Gasteiger partial charge < -0.3 is 9.64 Å². The van der Waals surface area contributed by atoms with Crippen LogP contribution in [0.1, 0.15) is 23.2 Å². The Kier molecular flexibility index (Phi) is 4.07. The Hall–Kier alpha value is -1.29. The average Bonchev–Trinajstić information content (AvgIpc) is 2.38. The first-order valence-electron chi connectivity index (χ1n) is 5.88. The fourth-order valence-electron chi connectivity index (χ4n) is 2.09. The van der Waals surface area contributed by atoms with Crippen molar-refractivity contribution < 1.29 is 13.9 Å². The summed E-state index contributed by atoms with van der Waals surface area (Å²) in [5, 5.41) is 0.455. The fraction of sp³-hybridized carbons (Fsp3) is 0.462. The van der Waals surface area contributed by atoms with Crippen LogP contribution in [-0.4, -0.2) is 37.2 Å². The number of halogens is 2. The summed E-state index contributed by atoms with van der Waals surface area (Å²) in [6, 6.07) is 4.84. The lowest BCUT2D eigenvalue weighted by Gasteiger charge is -2.29. The van der Waals surface area contributed by atoms with Crippen molar-refractivity contribution in [1.82, 2.24) is 4.90 Å². The van der Waals surface area contributed by atoms with E-state index in [2.05, 4.69) is 0 Å². The summed E-state index contributed by atoms with van der Waals surface area (Å²) in [6.45, 7) is 0.772. The molecule has 18 heavy (non-hydrogen) atoms. The highest BCUT2D eigenvalue weighted by Crippen LogP contribution is 2.26. The summed E-state index contributed by atoms with van der Waals surface area (Å²) >= 11 is 5.90. The van der Waals surface area contributed by atoms with Crippen molar-refractivity contribution in [2.45, 2.75) is 19.0 Å². The normalized spacial score (nSPS) is 19.7. The van der Waals surface area contributed by atoms with E-state index in [-0.39, 0.29) is 12.5 Å². The molecule has 0 radical (unpaired) electrons. The van der Waals surface area contributed by atoms with Crippen LogP contribution < -0.4 is 4.74 Å². The monoisotopic (exact) mass is 271 g/mol. The second-order valence-electron chi connectivity index (χ2n) is 4.34. The summed E-state index contributed by atoms with van der Waals surface area (Å²) in [4.78, 5) is 13.7. The van der Waals surface area contributed by atoms with Gasteiger partial charge in [0.05, 0.1) is 18.7 Å². The molecule has 3 nitrogen and oxygen atoms in total. The van der Waals surface area contributed by atoms with Gasteiger partial charge in [-0.3, -0.25) is 4.79 Å². The first kappa shape index (κ1) is 13.1. The lowest BCUT2D eigenvalue weighted by atomic mass is 10.1. The Morgan fingerprint density at radius 3 is 3.00 bits per heavy atom. The van der Waals surface area contributed by atoms with E-state index in [1.807, 2.05) is 0 Å². The number of carbonyl (C=O) groups is 1. The zero-order chi connectivity index (χ0) is 13.1. The average molecular weight is 272 g/mol. The van der Waals surface area contributed by atoms with Crippen molar-refractivity contribution >= 4 is 17.5 Å². The van der Waals surface area contributed by atoms with Gasteiger partial charge in [0.25, 0.3) is 5.91 Å². The largest absolute Gasteiger partial charge is 0.495 e. The van der Waals surface area contributed by atoms with Gasteiger partial charge in [-0.25, -0.2) is 4.39 Å². The SMILES string of the molecule is COc1cc(C(=O)N2CCCC(F)C2)ccc1Cl. The lowest BCUT2D eigenvalue weighted by molar-refractivity contribution is 0.0636. The molecule has 5 heteroatoms. The van der Waals surface area contributed by atoms with Crippen molar-refractivity contribution in [3.05, 3.63) is 28.8 Å². The zero-order valence-corrected chi connectivity index (χ0v) is 10.9. The summed E-state index contributed by atoms with van der Waals surface area (Å²) in [5.74, 6) is 0.281. The van der Waals surface area contributed by atoms with Gasteiger partial charge in [-0.2, -0.15) is 0 Å². The van der Waals surface area contributed by atoms with Gasteiger partial charge in [0, 0.05) is 12.1 Å². The van der Waals surface area contributed by atoms with Gasteiger partial charge >= 0.3 is 0 Å². The number of methoxy groups -OCH3 is 1. The number of piperidine rings is 1. The smallest absolute Gasteiger partial charge is 0.254 e. The lowest BCUT2D eigenvalue weighted by Crippen LogP contribution is -2.40. The predicted molar refractivity (Wildman–Crippen MR) is 68.0 cm³/mol. The number of alkyl halides is 1. The molecule has 0 saturated carbocycles. The Morgan fingerprint density at radius 1 is 1.56 bits per heavy atom. The van der Waals surface area contributed by atoms with Crippen molar-refractivity contribution in [1.29, 1.82) is 0 Å². The molecule has 1 fully saturated rings. The molecule has 98 valence electrons. The van der Waals surface area contributed by atoms with E-state index in [1.165, 1.54) is 12.0 Å². The number of ether oxygens (including phenoxy) is 1. The van der Waals surface area contributed by atoms with Crippen molar-refractivity contribution in [3.63, 3.8) is 0 Å². The molecular formula is C13H15ClFNO2. The number of rotatable bonds is 2. The van der Waals surface area contributed by atoms with Crippen LogP contribution in [0.25, 0.3) is 0 Å². The van der Waals surface area contributed by atoms with Gasteiger partial charge in [-0.15, -0.1) is 0 Å². The third-order valence-corrected chi connectivity index (χ3v) is 3.36. The molecule has 1 unspecified atom stereocenters. The number of likely N-dealkylation sites (tertiary alicyclic amines) is 1. The highest BCUT2D eigenvalue weighted by Gasteiger charge is 2.24. The Balaban J connectivity index is 2.17. The van der Waals surface area contributed by atoms with Crippen molar-refractivity contribution in [2.75, 3.05) is 20.2 Å². The number of carbonyl (C=O) groups excluding carboxylic acids is 1. The Bertz CT molecular complexity index is 453. The maximum atomic E-state index is 13.3. The van der Waals surface area contributed by atoms with Gasteiger partial charge in [-0.1, -0.05) is 11.6 Å². The van der Waals surface area contributed by atoms with Gasteiger partial charge in [0.2, 0.25) is 0 Å². The van der Waals surface area contributed by atoms with Crippen LogP contribution in [0.15, 0.2) is 18.2 Å². The van der Waals surface area contributed by atoms with Crippen LogP contribution in [-0.2, 0) is 0 Å². The minimum Gasteiger partial charge on any atom is -0.495 e. The fourth-order valence-corrected chi connectivity index (χ4v) is 2.28. The highest BCUT2D eigenvalue weighted by molar-refractivity contribution is 6.32. The summed E-state index contributed by atoms with van der Waals surface area (Å²) in [7, 11) is 1.49. The van der Waals surface area contributed by atoms with Crippen LogP contribution in [0.2, 0.25) is 5.02 Å². The van der Waals surface area contributed by atoms with Crippen LogP contribution in [0.5, 0.6) is 5.75 Å². The maximum Gasteiger partial charge on any atom is 0.254 e. The standard InChI is InChI=1S/C13H15ClFNO2/c1-18-12-7-9(4-5-11(12)14)13(17)16-6-2-3-10(15)8-16/h4-5,7,10H,2-3,6,8H2,1H3. The second-order valence-corrected chi connectivity index (χ2v) is 4.75. The molecule has 1 heterocycles. The van der Waals surface area contributed by atoms with E-state index in [9.17, 15) is 9.18 Å². The molecule has 2 rings (SSSR count). The molecule has 0 N–H and O–H groups in total. The molecule has 0 aromatic heterocycles. The van der Waals surface area contributed by atoms with E-state index in [4.69, 9.17) is 16.3 Å². The number of hydrogen-bond donors (Lipinski definition) is 0. The van der Waals surface area contributed by atoms with E-state index >= 15 is 0 Å². The molecule has 0 spiro atoms. The molecular weight excluding hydrogens is 257 g/mol. The van der Waals surface area contributed by atoms with Crippen LogP contribution >= 0.6 is 11.6 Å². The quantitative estimate of drug-likeness (QED) is 0.828. The molecule has 1 atom stereocenters. The minimum absolute atomic E-state index is 0.170. The van der Waals surface area contributed by atoms with Gasteiger partial charge in [-0.05, 0) is 31.0 Å². The summed E-state index contributed by atoms with van der Waals surface area (Å²) < 4.78 is 18.3. The molecule has 1 aromatic rings. The first-order valence-corrected chi connectivity index (χ1v) is 6.26. The number of amides is 1. The maximum absolute atomic E-state index is 13.3. The van der Waals surface area contributed by atoms with Gasteiger partial charge in [0.15, 0.2) is 0 Å². The zero-order valence-electron chi connectivity index (χ0n) is 10.2. The molecule has 1 amide bonds. The van der Waals surface area contributed by atoms with E-state index in [0.29, 0.717) is 35.7 Å². The Labute approximate surface area is 110 Å². The minimum atomic E-state index is -0.920. The van der Waals surface area contributed by atoms with E-state index in [1.54, 1.807) is 18.2 Å². The first-order chi connectivity index (χ1) is 8.61. The third kappa shape index (κ3) is 2.75. The molecule has 1 aliphatic rings. The topological polar surface area (TPSA) is 29.5 Å². The second kappa shape index (κ2) is 5.57. The molecule has 1 aromatic carbocycles. The summed E-state index contributed by atoms with van der Waals surface area (Å²) in [6.07, 6.45) is 0.322. The molecule has 0 aliphatic carbocycles. The van der Waals surface area contributed by atoms with E-state index in [0.717, 1.165) is 0 Å². The molecule has 0 bridgehead atoms. The third-order valence-electron chi connectivity index (χ3n) is 3.05. The summed E-state index contributed by atoms with van der Waals surface area (Å²) in [5.41, 5.74) is 0.477. The number of benzene rings is 1. The van der Waals surface area contributed by atoms with Crippen molar-refractivity contribution in [2.24, 2.45) is 0 Å². The molecule has 1 saturated heterocycles. The highest BCUT2D eigenvalue weighted by atomic mass is 35.5. The van der Waals surface area contributed by atoms with Gasteiger partial charge in [0.1, 0.15) is 11.9 Å².